The maximum Gasteiger partial charge on any atom is 1.00 e. The molecule has 0 N–H and O–H groups in total. The van der Waals surface area contributed by atoms with Gasteiger partial charge in [-0.3, -0.25) is 0 Å². The van der Waals surface area contributed by atoms with Gasteiger partial charge in [0.1, 0.15) is 23.3 Å². The van der Waals surface area contributed by atoms with Crippen LogP contribution >= 0.6 is 0 Å². The van der Waals surface area contributed by atoms with E-state index in [0.29, 0.717) is 0 Å². The van der Waals surface area contributed by atoms with E-state index in [4.69, 9.17) is 9.47 Å². The van der Waals surface area contributed by atoms with Crippen molar-refractivity contribution in [2.24, 2.45) is 0 Å². The van der Waals surface area contributed by atoms with E-state index < -0.39 is 27.0 Å². The fourth-order valence-corrected chi connectivity index (χ4v) is 7.21. The first-order valence-corrected chi connectivity index (χ1v) is 23.5. The summed E-state index contributed by atoms with van der Waals surface area (Å²) in [5, 5.41) is 0. The molecule has 0 heterocycles. The summed E-state index contributed by atoms with van der Waals surface area (Å²) < 4.78 is 45.5. The van der Waals surface area contributed by atoms with Crippen LogP contribution in [0, 0.1) is 0 Å². The van der Waals surface area contributed by atoms with Crippen LogP contribution < -0.4 is 29.6 Å². The minimum atomic E-state index is -4.84. The number of benzene rings is 1. The van der Waals surface area contributed by atoms with E-state index in [1.807, 2.05) is 12.2 Å². The third-order valence-corrected chi connectivity index (χ3v) is 11.0. The van der Waals surface area contributed by atoms with E-state index in [-0.39, 0.29) is 53.9 Å². The maximum absolute atomic E-state index is 12.9. The molecule has 1 aromatic rings. The molecule has 0 aromatic heterocycles. The molecule has 0 saturated carbocycles. The van der Waals surface area contributed by atoms with Gasteiger partial charge in [-0.2, -0.15) is 0 Å². The molecule has 0 fully saturated rings. The van der Waals surface area contributed by atoms with Crippen molar-refractivity contribution in [2.45, 2.75) is 211 Å². The molecule has 0 unspecified atom stereocenters. The Kier molecular flexibility index (Phi) is 37.1. The second-order valence-corrected chi connectivity index (χ2v) is 16.5. The predicted octanol–water partition coefficient (Wildman–Crippen LogP) is 10.8. The molecule has 7 nitrogen and oxygen atoms in total. The van der Waals surface area contributed by atoms with E-state index in [9.17, 15) is 22.6 Å². The van der Waals surface area contributed by atoms with Gasteiger partial charge in [-0.25, -0.2) is 18.0 Å². The fourth-order valence-electron chi connectivity index (χ4n) is 6.71. The molecule has 55 heavy (non-hydrogen) atoms. The number of rotatable bonds is 37. The summed E-state index contributed by atoms with van der Waals surface area (Å²) in [5.41, 5.74) is -0.442. The monoisotopic (exact) mass is 797 g/mol. The third-order valence-electron chi connectivity index (χ3n) is 10.1. The average Bonchev–Trinajstić information content (AvgIpc) is 3.16. The van der Waals surface area contributed by atoms with Crippen molar-refractivity contribution < 1.29 is 61.6 Å². The van der Waals surface area contributed by atoms with Gasteiger partial charge in [-0.15, -0.1) is 0 Å². The van der Waals surface area contributed by atoms with E-state index in [2.05, 4.69) is 13.8 Å². The van der Waals surface area contributed by atoms with E-state index in [0.717, 1.165) is 50.3 Å². The topological polar surface area (TPSA) is 110 Å². The number of carbonyl (C=O) groups excluding carboxylic acids is 2. The van der Waals surface area contributed by atoms with Gasteiger partial charge in [0, 0.05) is 0 Å². The SMILES string of the molecule is CCCCCCCCCCCCCCCC/C=C/COC(=O)c1ccc(S(=O)(=O)[O-])cc1C(=O)OC/C=C/CCCCCCCCCCCCCCCC.[Na+]. The van der Waals surface area contributed by atoms with Crippen LogP contribution in [0.5, 0.6) is 0 Å². The normalized spacial score (nSPS) is 11.7. The van der Waals surface area contributed by atoms with Gasteiger partial charge in [0.15, 0.2) is 0 Å². The summed E-state index contributed by atoms with van der Waals surface area (Å²) >= 11 is 0. The first-order valence-electron chi connectivity index (χ1n) is 22.0. The van der Waals surface area contributed by atoms with Crippen molar-refractivity contribution in [3.63, 3.8) is 0 Å². The second kappa shape index (κ2) is 38.1. The number of allylic oxidation sites excluding steroid dienone is 2. The summed E-state index contributed by atoms with van der Waals surface area (Å²) in [4.78, 5) is 25.1. The van der Waals surface area contributed by atoms with Crippen LogP contribution in [0.15, 0.2) is 47.4 Å². The third kappa shape index (κ3) is 31.3. The van der Waals surface area contributed by atoms with Crippen LogP contribution in [0.2, 0.25) is 0 Å². The van der Waals surface area contributed by atoms with Crippen LogP contribution in [-0.2, 0) is 19.6 Å². The molecule has 0 aliphatic heterocycles. The molecule has 0 atom stereocenters. The van der Waals surface area contributed by atoms with Gasteiger partial charge in [-0.1, -0.05) is 205 Å². The van der Waals surface area contributed by atoms with Crippen LogP contribution in [0.25, 0.3) is 0 Å². The predicted molar refractivity (Wildman–Crippen MR) is 223 cm³/mol. The molecule has 1 aromatic carbocycles. The van der Waals surface area contributed by atoms with Crippen LogP contribution in [-0.4, -0.2) is 38.1 Å². The van der Waals surface area contributed by atoms with Gasteiger partial charge in [0.05, 0.1) is 16.0 Å². The Balaban J connectivity index is 0.0000292. The molecule has 1 rings (SSSR count). The second-order valence-electron chi connectivity index (χ2n) is 15.1. The standard InChI is InChI=1S/C46H78O7S.Na/c1-3-5-7-9-11-13-15-17-19-21-23-25-27-29-31-33-35-39-52-45(47)43-38-37-42(54(49,50)51)41-44(43)46(48)53-40-36-34-32-30-28-26-24-22-20-18-16-14-12-10-8-6-4-2;/h33-38,41H,3-32,39-40H2,1-2H3,(H,49,50,51);/q;+1/p-1/b35-33+,36-34+;. The molecule has 0 aliphatic carbocycles. The first kappa shape index (κ1) is 53.6. The van der Waals surface area contributed by atoms with Crippen LogP contribution in [0.4, 0.5) is 0 Å². The van der Waals surface area contributed by atoms with Crippen molar-refractivity contribution in [3.8, 4) is 0 Å². The molecule has 0 aliphatic rings. The zero-order valence-corrected chi connectivity index (χ0v) is 38.3. The molecule has 0 radical (unpaired) electrons. The maximum atomic E-state index is 12.9. The van der Waals surface area contributed by atoms with Crippen LogP contribution in [0.1, 0.15) is 227 Å². The Bertz CT molecular complexity index is 1240. The molecular weight excluding hydrogens is 720 g/mol. The van der Waals surface area contributed by atoms with Crippen molar-refractivity contribution in [3.05, 3.63) is 53.6 Å². The zero-order chi connectivity index (χ0) is 39.4. The smallest absolute Gasteiger partial charge is 0.744 e. The number of esters is 2. The minimum absolute atomic E-state index is 0. The van der Waals surface area contributed by atoms with Crippen molar-refractivity contribution in [2.75, 3.05) is 13.2 Å². The largest absolute Gasteiger partial charge is 1.00 e. The van der Waals surface area contributed by atoms with Crippen LogP contribution in [0.3, 0.4) is 0 Å². The van der Waals surface area contributed by atoms with Gasteiger partial charge < -0.3 is 14.0 Å². The summed E-state index contributed by atoms with van der Waals surface area (Å²) in [6, 6.07) is 3.04. The number of carbonyl (C=O) groups is 2. The number of ether oxygens (including phenoxy) is 2. The number of hydrogen-bond donors (Lipinski definition) is 0. The molecular formula is C46H77NaO7S. The molecule has 0 amide bonds. The Morgan fingerprint density at radius 2 is 0.800 bits per heavy atom. The Morgan fingerprint density at radius 1 is 0.491 bits per heavy atom. The quantitative estimate of drug-likeness (QED) is 0.0217. The summed E-state index contributed by atoms with van der Waals surface area (Å²) in [7, 11) is -4.84. The molecule has 0 bridgehead atoms. The molecule has 0 saturated heterocycles. The van der Waals surface area contributed by atoms with Crippen molar-refractivity contribution in [1.29, 1.82) is 0 Å². The van der Waals surface area contributed by atoms with E-state index in [1.165, 1.54) is 161 Å². The van der Waals surface area contributed by atoms with E-state index >= 15 is 0 Å². The van der Waals surface area contributed by atoms with E-state index in [1.54, 1.807) is 12.2 Å². The molecule has 9 heteroatoms. The van der Waals surface area contributed by atoms with Gasteiger partial charge in [0.2, 0.25) is 0 Å². The average molecular weight is 797 g/mol. The molecule has 310 valence electrons. The number of hydrogen-bond acceptors (Lipinski definition) is 7. The number of unbranched alkanes of at least 4 members (excludes halogenated alkanes) is 28. The Morgan fingerprint density at radius 3 is 1.13 bits per heavy atom. The van der Waals surface area contributed by atoms with Gasteiger partial charge >= 0.3 is 41.5 Å². The molecule has 0 spiro atoms. The Hall–Kier alpha value is -1.45. The van der Waals surface area contributed by atoms with Gasteiger partial charge in [0.25, 0.3) is 0 Å². The fraction of sp³-hybridized carbons (Fsp3) is 0.739. The zero-order valence-electron chi connectivity index (χ0n) is 35.4. The Labute approximate surface area is 359 Å². The first-order chi connectivity index (χ1) is 26.3. The van der Waals surface area contributed by atoms with Crippen molar-refractivity contribution >= 4 is 22.1 Å². The van der Waals surface area contributed by atoms with Crippen molar-refractivity contribution in [1.82, 2.24) is 0 Å². The summed E-state index contributed by atoms with van der Waals surface area (Å²) in [6.45, 7) is 4.52. The summed E-state index contributed by atoms with van der Waals surface area (Å²) in [6.07, 6.45) is 46.0. The van der Waals surface area contributed by atoms with Gasteiger partial charge in [-0.05, 0) is 43.9 Å². The minimum Gasteiger partial charge on any atom is -0.744 e. The summed E-state index contributed by atoms with van der Waals surface area (Å²) in [5.74, 6) is -1.67.